The molecule has 0 spiro atoms. The Morgan fingerprint density at radius 1 is 1.12 bits per heavy atom. The molecule has 11 nitrogen and oxygen atoms in total. The molecule has 220 valence electrons. The van der Waals surface area contributed by atoms with Crippen molar-refractivity contribution in [3.63, 3.8) is 0 Å². The number of ether oxygens (including phenoxy) is 3. The second-order valence-electron chi connectivity index (χ2n) is 11.0. The van der Waals surface area contributed by atoms with Gasteiger partial charge < -0.3 is 29.3 Å². The van der Waals surface area contributed by atoms with Crippen molar-refractivity contribution in [1.29, 1.82) is 0 Å². The van der Waals surface area contributed by atoms with E-state index >= 15 is 0 Å². The minimum absolute atomic E-state index is 0.119. The van der Waals surface area contributed by atoms with Crippen molar-refractivity contribution >= 4 is 11.8 Å². The molecule has 2 aromatic rings. The van der Waals surface area contributed by atoms with Crippen LogP contribution in [-0.4, -0.2) is 109 Å². The van der Waals surface area contributed by atoms with Gasteiger partial charge in [-0.1, -0.05) is 19.1 Å². The van der Waals surface area contributed by atoms with Crippen molar-refractivity contribution in [2.75, 3.05) is 66.8 Å². The van der Waals surface area contributed by atoms with Gasteiger partial charge in [0, 0.05) is 52.5 Å². The average molecular weight is 557 g/mol. The molecule has 1 aromatic heterocycles. The van der Waals surface area contributed by atoms with Crippen LogP contribution in [0.1, 0.15) is 49.3 Å². The van der Waals surface area contributed by atoms with Gasteiger partial charge in [0.25, 0.3) is 5.91 Å². The number of hydrogen-bond donors (Lipinski definition) is 1. The molecule has 2 saturated heterocycles. The zero-order valence-corrected chi connectivity index (χ0v) is 24.3. The number of rotatable bonds is 12. The van der Waals surface area contributed by atoms with Gasteiger partial charge in [-0.15, -0.1) is 5.10 Å². The van der Waals surface area contributed by atoms with Crippen LogP contribution in [0, 0.1) is 11.8 Å². The highest BCUT2D eigenvalue weighted by molar-refractivity contribution is 5.94. The van der Waals surface area contributed by atoms with Crippen LogP contribution in [-0.2, 0) is 20.7 Å². The molecule has 0 radical (unpaired) electrons. The third-order valence-electron chi connectivity index (χ3n) is 7.56. The largest absolute Gasteiger partial charge is 0.497 e. The molecule has 2 aliphatic heterocycles. The van der Waals surface area contributed by atoms with E-state index in [9.17, 15) is 9.59 Å². The predicted molar refractivity (Wildman–Crippen MR) is 151 cm³/mol. The lowest BCUT2D eigenvalue weighted by Crippen LogP contribution is -2.56. The Bertz CT molecular complexity index is 1100. The number of carbonyl (C=O) groups excluding carboxylic acids is 2. The molecular weight excluding hydrogens is 512 g/mol. The van der Waals surface area contributed by atoms with E-state index < -0.39 is 0 Å². The summed E-state index contributed by atoms with van der Waals surface area (Å²) >= 11 is 0. The number of carbonyl (C=O) groups is 2. The van der Waals surface area contributed by atoms with Crippen LogP contribution in [0.5, 0.6) is 5.75 Å². The molecule has 0 saturated carbocycles. The Kier molecular flexibility index (Phi) is 10.9. The lowest BCUT2D eigenvalue weighted by Gasteiger charge is -2.40. The summed E-state index contributed by atoms with van der Waals surface area (Å²) in [5, 5.41) is 12.3. The third kappa shape index (κ3) is 7.38. The van der Waals surface area contributed by atoms with Crippen molar-refractivity contribution in [1.82, 2.24) is 30.1 Å². The lowest BCUT2D eigenvalue weighted by molar-refractivity contribution is -0.140. The zero-order valence-electron chi connectivity index (χ0n) is 24.3. The monoisotopic (exact) mass is 556 g/mol. The van der Waals surface area contributed by atoms with Crippen LogP contribution in [0.3, 0.4) is 0 Å². The summed E-state index contributed by atoms with van der Waals surface area (Å²) in [5.41, 5.74) is 1.97. The molecule has 0 bridgehead atoms. The van der Waals surface area contributed by atoms with E-state index in [-0.39, 0.29) is 29.7 Å². The number of hydrogen-bond acceptors (Lipinski definition) is 8. The minimum atomic E-state index is -0.178. The number of aromatic nitrogens is 3. The van der Waals surface area contributed by atoms with Gasteiger partial charge in [0.05, 0.1) is 37.6 Å². The van der Waals surface area contributed by atoms with E-state index in [0.717, 1.165) is 30.0 Å². The van der Waals surface area contributed by atoms with E-state index in [0.29, 0.717) is 71.1 Å². The first-order valence-corrected chi connectivity index (χ1v) is 14.4. The van der Waals surface area contributed by atoms with Crippen molar-refractivity contribution in [2.45, 2.75) is 45.6 Å². The topological polar surface area (TPSA) is 111 Å². The van der Waals surface area contributed by atoms with Crippen molar-refractivity contribution < 1.29 is 23.8 Å². The van der Waals surface area contributed by atoms with Crippen molar-refractivity contribution in [3.05, 3.63) is 35.7 Å². The first kappa shape index (κ1) is 30.0. The molecule has 2 aliphatic rings. The molecule has 2 amide bonds. The van der Waals surface area contributed by atoms with E-state index in [1.807, 2.05) is 34.1 Å². The number of nitrogens with zero attached hydrogens (tertiary/aromatic N) is 5. The summed E-state index contributed by atoms with van der Waals surface area (Å²) in [5.74, 6) is 0.822. The lowest BCUT2D eigenvalue weighted by atomic mass is 9.92. The second kappa shape index (κ2) is 14.6. The zero-order chi connectivity index (χ0) is 28.5. The van der Waals surface area contributed by atoms with Crippen LogP contribution >= 0.6 is 0 Å². The molecule has 11 heteroatoms. The van der Waals surface area contributed by atoms with Crippen molar-refractivity contribution in [3.8, 4) is 11.4 Å². The molecule has 2 fully saturated rings. The fraction of sp³-hybridized carbons (Fsp3) is 0.655. The molecule has 2 atom stereocenters. The summed E-state index contributed by atoms with van der Waals surface area (Å²) < 4.78 is 17.7. The van der Waals surface area contributed by atoms with Crippen LogP contribution in [0.15, 0.2) is 24.3 Å². The van der Waals surface area contributed by atoms with Gasteiger partial charge in [0.15, 0.2) is 5.69 Å². The molecule has 1 N–H and O–H groups in total. The van der Waals surface area contributed by atoms with Crippen LogP contribution < -0.4 is 10.1 Å². The Morgan fingerprint density at radius 2 is 1.88 bits per heavy atom. The molecule has 3 heterocycles. The van der Waals surface area contributed by atoms with Gasteiger partial charge in [-0.25, -0.2) is 4.68 Å². The summed E-state index contributed by atoms with van der Waals surface area (Å²) in [7, 11) is 3.32. The number of piperidine rings is 1. The van der Waals surface area contributed by atoms with Gasteiger partial charge in [-0.2, -0.15) is 0 Å². The summed E-state index contributed by atoms with van der Waals surface area (Å²) in [4.78, 5) is 31.3. The number of methoxy groups -OCH3 is 2. The maximum absolute atomic E-state index is 14.2. The maximum atomic E-state index is 14.2. The second-order valence-corrected chi connectivity index (χ2v) is 11.0. The highest BCUT2D eigenvalue weighted by atomic mass is 16.5. The van der Waals surface area contributed by atoms with E-state index in [2.05, 4.69) is 29.5 Å². The Labute approximate surface area is 237 Å². The molecular formula is C29H44N6O5. The summed E-state index contributed by atoms with van der Waals surface area (Å²) in [6.45, 7) is 9.08. The Morgan fingerprint density at radius 3 is 2.55 bits per heavy atom. The molecule has 1 aromatic carbocycles. The quantitative estimate of drug-likeness (QED) is 0.396. The fourth-order valence-corrected chi connectivity index (χ4v) is 5.48. The first-order chi connectivity index (χ1) is 19.4. The number of amides is 2. The van der Waals surface area contributed by atoms with Gasteiger partial charge in [0.2, 0.25) is 5.91 Å². The Balaban J connectivity index is 1.59. The molecule has 0 aliphatic carbocycles. The minimum Gasteiger partial charge on any atom is -0.497 e. The van der Waals surface area contributed by atoms with Gasteiger partial charge >= 0.3 is 0 Å². The molecule has 0 unspecified atom stereocenters. The van der Waals surface area contributed by atoms with Gasteiger partial charge in [-0.05, 0) is 55.9 Å². The SMILES string of the molecule is COCCCCc1c(C(=O)N(CC(C)C)[C@@H]2CNC[C@H](C(=O)N3CCOCC3)C2)nnn1-c1ccc(OC)cc1. The average Bonchev–Trinajstić information content (AvgIpc) is 3.41. The number of morpholine rings is 1. The Hall–Kier alpha value is -3.02. The van der Waals surface area contributed by atoms with Crippen LogP contribution in [0.2, 0.25) is 0 Å². The smallest absolute Gasteiger partial charge is 0.276 e. The normalized spacial score (nSPS) is 19.6. The van der Waals surface area contributed by atoms with Crippen molar-refractivity contribution in [2.24, 2.45) is 11.8 Å². The summed E-state index contributed by atoms with van der Waals surface area (Å²) in [6.07, 6.45) is 2.96. The number of nitrogens with one attached hydrogen (secondary N) is 1. The highest BCUT2D eigenvalue weighted by Crippen LogP contribution is 2.24. The van der Waals surface area contributed by atoms with Crippen LogP contribution in [0.25, 0.3) is 5.69 Å². The van der Waals surface area contributed by atoms with Gasteiger partial charge in [0.1, 0.15) is 5.75 Å². The first-order valence-electron chi connectivity index (χ1n) is 14.4. The standard InChI is InChI=1S/C29H44N6O5/c1-21(2)20-34(24-17-22(18-30-19-24)28(36)33-12-15-40-16-13-33)29(37)27-26(7-5-6-14-38-3)35(32-31-27)23-8-10-25(39-4)11-9-23/h8-11,21-22,24,30H,5-7,12-20H2,1-4H3/t22-,24+/m1/s1. The highest BCUT2D eigenvalue weighted by Gasteiger charge is 2.37. The van der Waals surface area contributed by atoms with Crippen LogP contribution in [0.4, 0.5) is 0 Å². The molecule has 4 rings (SSSR count). The fourth-order valence-electron chi connectivity index (χ4n) is 5.48. The number of unbranched alkanes of at least 4 members (excludes halogenated alkanes) is 1. The molecule has 40 heavy (non-hydrogen) atoms. The third-order valence-corrected chi connectivity index (χ3v) is 7.56. The van der Waals surface area contributed by atoms with Gasteiger partial charge in [-0.3, -0.25) is 9.59 Å². The number of benzene rings is 1. The van der Waals surface area contributed by atoms with E-state index in [4.69, 9.17) is 14.2 Å². The maximum Gasteiger partial charge on any atom is 0.276 e. The summed E-state index contributed by atoms with van der Waals surface area (Å²) in [6, 6.07) is 7.46. The predicted octanol–water partition coefficient (Wildman–Crippen LogP) is 2.18. The van der Waals surface area contributed by atoms with E-state index in [1.54, 1.807) is 18.9 Å². The van der Waals surface area contributed by atoms with E-state index in [1.165, 1.54) is 0 Å².